The standard InChI is InChI=1S/C19H18N2O5/c1-11(22)16-17(14-7-6-13(25-2)9-15(14)26-3)21(19(24)18(16)23)12-5-4-8-20-10-12/h4-10,17,23H,1-3H3/t17-/m1/s1. The van der Waals surface area contributed by atoms with Gasteiger partial charge in [-0.3, -0.25) is 19.5 Å². The number of methoxy groups -OCH3 is 2. The number of carbonyl (C=O) groups excluding carboxylic acids is 2. The SMILES string of the molecule is COc1ccc([C@@H]2C(C(C)=O)=C(O)C(=O)N2c2cccnc2)c(OC)c1. The molecule has 0 spiro atoms. The van der Waals surface area contributed by atoms with Crippen LogP contribution < -0.4 is 14.4 Å². The summed E-state index contributed by atoms with van der Waals surface area (Å²) in [6.45, 7) is 1.31. The normalized spacial score (nSPS) is 16.8. The van der Waals surface area contributed by atoms with E-state index in [9.17, 15) is 14.7 Å². The van der Waals surface area contributed by atoms with E-state index >= 15 is 0 Å². The highest BCUT2D eigenvalue weighted by molar-refractivity contribution is 6.16. The molecule has 2 aromatic rings. The number of hydrogen-bond acceptors (Lipinski definition) is 6. The van der Waals surface area contributed by atoms with Gasteiger partial charge in [-0.2, -0.15) is 0 Å². The number of rotatable bonds is 5. The molecule has 2 heterocycles. The van der Waals surface area contributed by atoms with Crippen LogP contribution in [0.4, 0.5) is 5.69 Å². The van der Waals surface area contributed by atoms with Crippen LogP contribution in [0, 0.1) is 0 Å². The first-order valence-corrected chi connectivity index (χ1v) is 7.89. The summed E-state index contributed by atoms with van der Waals surface area (Å²) in [5.74, 6) is -0.620. The number of carbonyl (C=O) groups is 2. The molecule has 0 aliphatic carbocycles. The molecular weight excluding hydrogens is 336 g/mol. The van der Waals surface area contributed by atoms with Crippen LogP contribution in [0.15, 0.2) is 54.1 Å². The van der Waals surface area contributed by atoms with Gasteiger partial charge in [0.1, 0.15) is 11.5 Å². The van der Waals surface area contributed by atoms with Crippen molar-refractivity contribution >= 4 is 17.4 Å². The molecule has 7 nitrogen and oxygen atoms in total. The molecule has 1 aromatic carbocycles. The van der Waals surface area contributed by atoms with E-state index in [2.05, 4.69) is 4.98 Å². The van der Waals surface area contributed by atoms with Gasteiger partial charge in [-0.25, -0.2) is 0 Å². The Bertz CT molecular complexity index is 892. The van der Waals surface area contributed by atoms with Gasteiger partial charge < -0.3 is 14.6 Å². The smallest absolute Gasteiger partial charge is 0.294 e. The summed E-state index contributed by atoms with van der Waals surface area (Å²) in [5, 5.41) is 10.3. The molecular formula is C19H18N2O5. The maximum absolute atomic E-state index is 12.7. The van der Waals surface area contributed by atoms with Gasteiger partial charge in [0, 0.05) is 17.8 Å². The van der Waals surface area contributed by atoms with Crippen LogP contribution in [0.2, 0.25) is 0 Å². The van der Waals surface area contributed by atoms with E-state index in [1.807, 2.05) is 0 Å². The molecule has 1 aliphatic heterocycles. The van der Waals surface area contributed by atoms with E-state index in [1.165, 1.54) is 32.2 Å². The Labute approximate surface area is 150 Å². The average Bonchev–Trinajstić information content (AvgIpc) is 2.93. The van der Waals surface area contributed by atoms with Gasteiger partial charge in [0.15, 0.2) is 11.5 Å². The largest absolute Gasteiger partial charge is 0.503 e. The quantitative estimate of drug-likeness (QED) is 0.888. The number of amides is 1. The van der Waals surface area contributed by atoms with Crippen LogP contribution in [0.1, 0.15) is 18.5 Å². The molecule has 3 rings (SSSR count). The van der Waals surface area contributed by atoms with Crippen molar-refractivity contribution in [2.45, 2.75) is 13.0 Å². The monoisotopic (exact) mass is 354 g/mol. The molecule has 26 heavy (non-hydrogen) atoms. The van der Waals surface area contributed by atoms with Crippen molar-refractivity contribution in [1.82, 2.24) is 4.98 Å². The zero-order valence-electron chi connectivity index (χ0n) is 14.6. The van der Waals surface area contributed by atoms with Crippen LogP contribution in [0.5, 0.6) is 11.5 Å². The predicted octanol–water partition coefficient (Wildman–Crippen LogP) is 2.59. The van der Waals surface area contributed by atoms with E-state index < -0.39 is 23.5 Å². The predicted molar refractivity (Wildman–Crippen MR) is 94.3 cm³/mol. The molecule has 134 valence electrons. The lowest BCUT2D eigenvalue weighted by Gasteiger charge is -2.27. The number of aliphatic hydroxyl groups is 1. The first-order valence-electron chi connectivity index (χ1n) is 7.89. The topological polar surface area (TPSA) is 89.0 Å². The van der Waals surface area contributed by atoms with Gasteiger partial charge >= 0.3 is 0 Å². The highest BCUT2D eigenvalue weighted by Gasteiger charge is 2.44. The molecule has 0 radical (unpaired) electrons. The molecule has 7 heteroatoms. The van der Waals surface area contributed by atoms with Gasteiger partial charge in [-0.15, -0.1) is 0 Å². The first-order chi connectivity index (χ1) is 12.5. The minimum atomic E-state index is -0.829. The number of anilines is 1. The number of ether oxygens (including phenoxy) is 2. The Morgan fingerprint density at radius 3 is 2.58 bits per heavy atom. The van der Waals surface area contributed by atoms with Crippen molar-refractivity contribution in [3.8, 4) is 11.5 Å². The van der Waals surface area contributed by atoms with Crippen LogP contribution in [-0.4, -0.2) is 36.0 Å². The maximum atomic E-state index is 12.7. The first kappa shape index (κ1) is 17.5. The van der Waals surface area contributed by atoms with E-state index in [-0.39, 0.29) is 5.57 Å². The average molecular weight is 354 g/mol. The number of nitrogens with zero attached hydrogens (tertiary/aromatic N) is 2. The van der Waals surface area contributed by atoms with Crippen molar-refractivity contribution in [2.75, 3.05) is 19.1 Å². The summed E-state index contributed by atoms with van der Waals surface area (Å²) in [6.07, 6.45) is 3.07. The Morgan fingerprint density at radius 1 is 1.23 bits per heavy atom. The van der Waals surface area contributed by atoms with Crippen LogP contribution >= 0.6 is 0 Å². The van der Waals surface area contributed by atoms with Gasteiger partial charge in [-0.1, -0.05) is 0 Å². The summed E-state index contributed by atoms with van der Waals surface area (Å²) >= 11 is 0. The van der Waals surface area contributed by atoms with Crippen LogP contribution in [0.3, 0.4) is 0 Å². The second kappa shape index (κ2) is 6.87. The van der Waals surface area contributed by atoms with E-state index in [4.69, 9.17) is 9.47 Å². The van der Waals surface area contributed by atoms with Crippen molar-refractivity contribution in [1.29, 1.82) is 0 Å². The number of aromatic nitrogens is 1. The number of hydrogen-bond donors (Lipinski definition) is 1. The molecule has 1 N–H and O–H groups in total. The third kappa shape index (κ3) is 2.77. The lowest BCUT2D eigenvalue weighted by molar-refractivity contribution is -0.117. The number of ketones is 1. The van der Waals surface area contributed by atoms with Gasteiger partial charge in [0.25, 0.3) is 5.91 Å². The van der Waals surface area contributed by atoms with E-state index in [1.54, 1.807) is 36.5 Å². The highest BCUT2D eigenvalue weighted by Crippen LogP contribution is 2.44. The lowest BCUT2D eigenvalue weighted by Crippen LogP contribution is -2.31. The number of Topliss-reactive ketones (excluding diaryl/α,β-unsaturated/α-hetero) is 1. The fraction of sp³-hybridized carbons (Fsp3) is 0.211. The summed E-state index contributed by atoms with van der Waals surface area (Å²) < 4.78 is 10.6. The van der Waals surface area contributed by atoms with Crippen molar-refractivity contribution in [3.05, 3.63) is 59.6 Å². The fourth-order valence-corrected chi connectivity index (χ4v) is 3.07. The fourth-order valence-electron chi connectivity index (χ4n) is 3.07. The van der Waals surface area contributed by atoms with Crippen LogP contribution in [0.25, 0.3) is 0 Å². The zero-order chi connectivity index (χ0) is 18.8. The summed E-state index contributed by atoms with van der Waals surface area (Å²) in [7, 11) is 3.02. The summed E-state index contributed by atoms with van der Waals surface area (Å²) in [6, 6.07) is 7.61. The Balaban J connectivity index is 2.22. The molecule has 0 saturated heterocycles. The molecule has 1 aliphatic rings. The summed E-state index contributed by atoms with van der Waals surface area (Å²) in [5.41, 5.74) is 1.03. The number of benzene rings is 1. The zero-order valence-corrected chi connectivity index (χ0v) is 14.6. The van der Waals surface area contributed by atoms with Crippen molar-refractivity contribution in [2.24, 2.45) is 0 Å². The Hall–Kier alpha value is -3.35. The second-order valence-electron chi connectivity index (χ2n) is 5.72. The second-order valence-corrected chi connectivity index (χ2v) is 5.72. The molecule has 1 amide bonds. The third-order valence-corrected chi connectivity index (χ3v) is 4.25. The molecule has 1 aromatic heterocycles. The van der Waals surface area contributed by atoms with Crippen LogP contribution in [-0.2, 0) is 9.59 Å². The minimum absolute atomic E-state index is 0.0160. The molecule has 0 unspecified atom stereocenters. The highest BCUT2D eigenvalue weighted by atomic mass is 16.5. The minimum Gasteiger partial charge on any atom is -0.503 e. The Morgan fingerprint density at radius 2 is 2.00 bits per heavy atom. The molecule has 1 atom stereocenters. The van der Waals surface area contributed by atoms with Gasteiger partial charge in [0.2, 0.25) is 0 Å². The summed E-state index contributed by atoms with van der Waals surface area (Å²) in [4.78, 5) is 30.3. The van der Waals surface area contributed by atoms with E-state index in [0.29, 0.717) is 22.7 Å². The number of aliphatic hydroxyl groups excluding tert-OH is 1. The lowest BCUT2D eigenvalue weighted by atomic mass is 9.95. The van der Waals surface area contributed by atoms with Crippen molar-refractivity contribution in [3.63, 3.8) is 0 Å². The third-order valence-electron chi connectivity index (χ3n) is 4.25. The maximum Gasteiger partial charge on any atom is 0.294 e. The number of pyridine rings is 1. The Kier molecular flexibility index (Phi) is 4.62. The molecule has 0 fully saturated rings. The van der Waals surface area contributed by atoms with E-state index in [0.717, 1.165) is 0 Å². The van der Waals surface area contributed by atoms with Crippen molar-refractivity contribution < 1.29 is 24.2 Å². The van der Waals surface area contributed by atoms with Gasteiger partial charge in [-0.05, 0) is 31.2 Å². The van der Waals surface area contributed by atoms with Gasteiger partial charge in [0.05, 0.1) is 37.7 Å². The molecule has 0 bridgehead atoms. The molecule has 0 saturated carbocycles.